The van der Waals surface area contributed by atoms with Gasteiger partial charge in [0, 0.05) is 38.0 Å². The minimum absolute atomic E-state index is 0.00195. The van der Waals surface area contributed by atoms with Crippen LogP contribution in [0.1, 0.15) is 109 Å². The summed E-state index contributed by atoms with van der Waals surface area (Å²) in [5, 5.41) is 14.4. The minimum Gasteiger partial charge on any atom is -0.497 e. The summed E-state index contributed by atoms with van der Waals surface area (Å²) in [6.45, 7) is 50.3. The topological polar surface area (TPSA) is 118 Å². The molecule has 0 radical (unpaired) electrons. The monoisotopic (exact) mass is 972 g/mol. The molecule has 1 aliphatic rings. The van der Waals surface area contributed by atoms with Crippen LogP contribution in [-0.4, -0.2) is 120 Å². The van der Waals surface area contributed by atoms with Crippen LogP contribution in [0.5, 0.6) is 5.75 Å². The van der Waals surface area contributed by atoms with Crippen LogP contribution >= 0.6 is 0 Å². The highest BCUT2D eigenvalue weighted by Gasteiger charge is 2.65. The first kappa shape index (κ1) is 59.2. The van der Waals surface area contributed by atoms with E-state index in [1.807, 2.05) is 24.3 Å². The molecule has 0 bridgehead atoms. The molecule has 0 saturated carbocycles. The second-order valence-electron chi connectivity index (χ2n) is 25.0. The molecule has 1 N–H and O–H groups in total. The third-order valence-electron chi connectivity index (χ3n) is 15.9. The van der Waals surface area contributed by atoms with Crippen molar-refractivity contribution in [3.63, 3.8) is 0 Å². The Hall–Kier alpha value is -0.962. The molecule has 1 heterocycles. The van der Waals surface area contributed by atoms with Gasteiger partial charge in [0.15, 0.2) is 33.3 Å². The predicted octanol–water partition coefficient (Wildman–Crippen LogP) is 11.8. The van der Waals surface area contributed by atoms with E-state index in [0.717, 1.165) is 11.3 Å². The van der Waals surface area contributed by atoms with E-state index < -0.39 is 69.0 Å². The molecule has 0 aliphatic carbocycles. The molecule has 0 spiro atoms. The van der Waals surface area contributed by atoms with Crippen LogP contribution in [-0.2, 0) is 43.4 Å². The molecule has 0 unspecified atom stereocenters. The van der Waals surface area contributed by atoms with Crippen LogP contribution in [0.2, 0.25) is 72.5 Å². The second kappa shape index (κ2) is 21.8. The number of carbonyl (C=O) groups is 1. The number of aliphatic hydroxyl groups is 1. The van der Waals surface area contributed by atoms with Gasteiger partial charge in [-0.1, -0.05) is 102 Å². The second-order valence-corrected chi connectivity index (χ2v) is 44.1. The molecule has 1 fully saturated rings. The smallest absolute Gasteiger partial charge is 0.248 e. The van der Waals surface area contributed by atoms with Crippen molar-refractivity contribution >= 4 is 39.2 Å². The summed E-state index contributed by atoms with van der Waals surface area (Å²) >= 11 is 0. The van der Waals surface area contributed by atoms with Gasteiger partial charge in [0.25, 0.3) is 0 Å². The number of rotatable bonds is 24. The SMILES string of the molecule is COc1ccc(COC[C@H](C)[C@H]2O[C@@]2(C)[C@@H](O[Si](C)(C)C(C)(C)C)[C@@H](CO[Si](C)(C)C(C)(C)C)[C@H](O)[C@@H](CO[Si](C)(C)C(C)(C)C)[C@@H](CC(=O)N(C)OC)O[Si](C)(C)C(C)(C)C)cc1. The summed E-state index contributed by atoms with van der Waals surface area (Å²) < 4.78 is 47.9. The summed E-state index contributed by atoms with van der Waals surface area (Å²) in [5.41, 5.74) is 0.279. The van der Waals surface area contributed by atoms with Gasteiger partial charge in [0.05, 0.1) is 58.3 Å². The summed E-state index contributed by atoms with van der Waals surface area (Å²) in [6.07, 6.45) is -2.57. The minimum atomic E-state index is -2.55. The highest BCUT2D eigenvalue weighted by molar-refractivity contribution is 6.75. The lowest BCUT2D eigenvalue weighted by molar-refractivity contribution is -0.172. The Morgan fingerprint density at radius 3 is 1.58 bits per heavy atom. The van der Waals surface area contributed by atoms with Crippen molar-refractivity contribution in [1.29, 1.82) is 0 Å². The fourth-order valence-corrected chi connectivity index (χ4v) is 11.7. The van der Waals surface area contributed by atoms with Gasteiger partial charge in [0.1, 0.15) is 11.4 Å². The van der Waals surface area contributed by atoms with E-state index in [1.54, 1.807) is 14.2 Å². The molecule has 11 nitrogen and oxygen atoms in total. The van der Waals surface area contributed by atoms with E-state index in [-0.39, 0.29) is 57.7 Å². The first-order chi connectivity index (χ1) is 28.7. The van der Waals surface area contributed by atoms with Crippen LogP contribution in [0.4, 0.5) is 0 Å². The Kier molecular flexibility index (Phi) is 20.1. The number of hydroxylamine groups is 2. The summed E-state index contributed by atoms with van der Waals surface area (Å²) in [6, 6.07) is 7.93. The fraction of sp³-hybridized carbons (Fsp3) is 0.857. The Balaban J connectivity index is 2.91. The first-order valence-corrected chi connectivity index (χ1v) is 35.3. The number of benzene rings is 1. The number of ether oxygens (including phenoxy) is 3. The number of hydrogen-bond acceptors (Lipinski definition) is 10. The highest BCUT2D eigenvalue weighted by Crippen LogP contribution is 2.52. The maximum Gasteiger partial charge on any atom is 0.248 e. The van der Waals surface area contributed by atoms with Gasteiger partial charge in [-0.15, -0.1) is 0 Å². The number of amides is 1. The van der Waals surface area contributed by atoms with Crippen molar-refractivity contribution in [3.8, 4) is 5.75 Å². The summed E-state index contributed by atoms with van der Waals surface area (Å²) in [4.78, 5) is 19.4. The number of carbonyl (C=O) groups excluding carboxylic acids is 1. The molecule has 0 aromatic heterocycles. The molecule has 15 heteroatoms. The van der Waals surface area contributed by atoms with Crippen molar-refractivity contribution in [1.82, 2.24) is 5.06 Å². The van der Waals surface area contributed by atoms with Crippen molar-refractivity contribution < 1.29 is 46.7 Å². The van der Waals surface area contributed by atoms with E-state index in [4.69, 9.17) is 36.8 Å². The van der Waals surface area contributed by atoms with Gasteiger partial charge >= 0.3 is 0 Å². The third-order valence-corrected chi connectivity index (χ3v) is 33.9. The Labute approximate surface area is 396 Å². The molecule has 64 heavy (non-hydrogen) atoms. The van der Waals surface area contributed by atoms with Crippen molar-refractivity contribution in [2.75, 3.05) is 41.1 Å². The zero-order valence-corrected chi connectivity index (χ0v) is 49.5. The number of epoxide rings is 1. The van der Waals surface area contributed by atoms with E-state index in [9.17, 15) is 9.90 Å². The Morgan fingerprint density at radius 2 is 1.16 bits per heavy atom. The predicted molar refractivity (Wildman–Crippen MR) is 273 cm³/mol. The van der Waals surface area contributed by atoms with E-state index in [0.29, 0.717) is 13.2 Å². The van der Waals surface area contributed by atoms with Gasteiger partial charge in [0.2, 0.25) is 5.91 Å². The molecule has 374 valence electrons. The molecule has 1 saturated heterocycles. The zero-order valence-electron chi connectivity index (χ0n) is 45.5. The third kappa shape index (κ3) is 15.3. The van der Waals surface area contributed by atoms with Gasteiger partial charge in [-0.3, -0.25) is 9.63 Å². The van der Waals surface area contributed by atoms with Crippen LogP contribution < -0.4 is 4.74 Å². The standard InChI is InChI=1S/C49H97NO10Si4/c1-35(31-55-32-36-26-28-37(53-16)29-27-36)43-49(14,58-43)44(60-64(24,25)48(11,12)13)39(34-57-62(20,21)46(5,6)7)42(52)38(33-56-61(18,19)45(2,3)4)40(30-41(51)50(15)54-17)59-63(22,23)47(8,9)10/h26-29,35,38-40,42-44,52H,30-34H2,1-25H3/t35-,38-,39-,40+,42+,43+,44-,49+/m0/s1. The normalized spacial score (nSPS) is 21.2. The molecule has 1 aromatic carbocycles. The first-order valence-electron chi connectivity index (χ1n) is 23.7. The van der Waals surface area contributed by atoms with Gasteiger partial charge in [-0.05, 0) is 97.1 Å². The molecule has 1 amide bonds. The molecule has 8 atom stereocenters. The van der Waals surface area contributed by atoms with Crippen molar-refractivity contribution in [2.24, 2.45) is 17.8 Å². The van der Waals surface area contributed by atoms with Gasteiger partial charge in [-0.25, -0.2) is 5.06 Å². The summed E-state index contributed by atoms with van der Waals surface area (Å²) in [7, 11) is -5.09. The molecular weight excluding hydrogens is 875 g/mol. The highest BCUT2D eigenvalue weighted by atomic mass is 28.4. The maximum absolute atomic E-state index is 14.0. The average molecular weight is 973 g/mol. The number of methoxy groups -OCH3 is 1. The van der Waals surface area contributed by atoms with Crippen LogP contribution in [0.3, 0.4) is 0 Å². The number of aliphatic hydroxyl groups excluding tert-OH is 1. The average Bonchev–Trinajstić information content (AvgIpc) is 3.84. The lowest BCUT2D eigenvalue weighted by Gasteiger charge is -2.48. The van der Waals surface area contributed by atoms with E-state index in [1.165, 1.54) is 12.2 Å². The molecule has 2 rings (SSSR count). The van der Waals surface area contributed by atoms with E-state index >= 15 is 0 Å². The Morgan fingerprint density at radius 1 is 0.719 bits per heavy atom. The van der Waals surface area contributed by atoms with Gasteiger partial charge in [-0.2, -0.15) is 0 Å². The Bertz CT molecular complexity index is 1610. The fourth-order valence-electron chi connectivity index (χ4n) is 6.83. The van der Waals surface area contributed by atoms with Crippen LogP contribution in [0.25, 0.3) is 0 Å². The quantitative estimate of drug-likeness (QED) is 0.0609. The van der Waals surface area contributed by atoms with Crippen LogP contribution in [0.15, 0.2) is 24.3 Å². The van der Waals surface area contributed by atoms with Crippen molar-refractivity contribution in [2.45, 2.75) is 213 Å². The zero-order chi connectivity index (χ0) is 49.9. The number of nitrogens with zero attached hydrogens (tertiary/aromatic N) is 1. The molecular formula is C49H97NO10Si4. The number of hydrogen-bond donors (Lipinski definition) is 1. The largest absolute Gasteiger partial charge is 0.497 e. The van der Waals surface area contributed by atoms with Gasteiger partial charge < -0.3 is 37.0 Å². The van der Waals surface area contributed by atoms with Crippen molar-refractivity contribution in [3.05, 3.63) is 29.8 Å². The maximum atomic E-state index is 14.0. The lowest BCUT2D eigenvalue weighted by atomic mass is 9.78. The molecule has 1 aromatic rings. The van der Waals surface area contributed by atoms with Crippen LogP contribution in [0, 0.1) is 17.8 Å². The van der Waals surface area contributed by atoms with E-state index in [2.05, 4.69) is 149 Å². The molecule has 1 aliphatic heterocycles. The summed E-state index contributed by atoms with van der Waals surface area (Å²) in [5.74, 6) is -0.634. The lowest BCUT2D eigenvalue weighted by Crippen LogP contribution is -2.59.